The minimum Gasteiger partial charge on any atom is -0.481 e. The molecule has 7 heterocycles. The maximum atomic E-state index is 13.4. The summed E-state index contributed by atoms with van der Waals surface area (Å²) < 4.78 is 74.3. The second kappa shape index (κ2) is 39.7. The van der Waals surface area contributed by atoms with E-state index in [0.29, 0.717) is 106 Å². The number of halogens is 3. The van der Waals surface area contributed by atoms with Gasteiger partial charge in [0.05, 0.1) is 84.2 Å². The molecule has 26 nitrogen and oxygen atoms in total. The van der Waals surface area contributed by atoms with Gasteiger partial charge in [-0.1, -0.05) is 97.1 Å². The van der Waals surface area contributed by atoms with Gasteiger partial charge in [-0.15, -0.1) is 0 Å². The van der Waals surface area contributed by atoms with E-state index in [1.54, 1.807) is 75.1 Å². The zero-order chi connectivity index (χ0) is 92.0. The maximum Gasteiger partial charge on any atom is 0.433 e. The Morgan fingerprint density at radius 2 is 0.695 bits per heavy atom. The summed E-state index contributed by atoms with van der Waals surface area (Å²) >= 11 is 0. The molecule has 0 bridgehead atoms. The minimum absolute atomic E-state index is 0.0120. The number of hydrogen-bond donors (Lipinski definition) is 4. The molecule has 0 aliphatic heterocycles. The monoisotopic (exact) mass is 1740 g/mol. The number of fused-ring (bicyclic) bond motifs is 4. The van der Waals surface area contributed by atoms with Gasteiger partial charge in [-0.3, -0.25) is 42.4 Å². The van der Waals surface area contributed by atoms with Gasteiger partial charge in [0.2, 0.25) is 5.88 Å². The first-order chi connectivity index (χ1) is 61.2. The molecule has 16 rings (SSSR count). The van der Waals surface area contributed by atoms with Crippen LogP contribution in [0.5, 0.6) is 5.88 Å². The topological polar surface area (TPSA) is 279 Å². The number of aromatic nitrogens is 11. The Hall–Kier alpha value is -12.7. The average molecular weight is 1750 g/mol. The first kappa shape index (κ1) is 93.0. The molecule has 0 saturated heterocycles. The smallest absolute Gasteiger partial charge is 0.433 e. The van der Waals surface area contributed by atoms with Crippen molar-refractivity contribution in [2.45, 2.75) is 164 Å². The summed E-state index contributed by atoms with van der Waals surface area (Å²) in [7, 11) is 16.4. The summed E-state index contributed by atoms with van der Waals surface area (Å²) in [6.45, 7) is 25.2. The van der Waals surface area contributed by atoms with Crippen LogP contribution in [-0.2, 0) is 79.0 Å². The standard InChI is InChI=1S/C26H32N4O2.C25H31N5O2.C24H25F3N4O2.C24H28N4O3/c1-7-32-22-15-18-10-8-9-11-21(18)24(22)28-23-17(3)27-25(30(6)26(23)31)20-13-12-19(29(4)5)14-16(20)2;1-7-32-20-13-17-10-8-9-11-18(17)23(20)28-22-16(3)27-24(30(6)25(22)31)19-14-26-21(29(4)5)12-15(19)2;1-5-33-18-11-15-8-6-7-9-16(15)21(18)30-20-14(3)29-22(31(4)23(20)32)17-12-28-19(10-13(17)2)24(25,26)27;1-6-31-19-13-16-9-7-8-10-18(16)22(19)27-21-15(3)26-23(28(4)24(21)29)17-11-12-20(30-5)25-14(17)2/h8-14,22,24,28H,7,15H2,1-6H3;8-12,14,20,23,28H,7,13H2,1-6H3;6-10,12,18,21,30H,5,11H2,1-4H3;7-12,19,22,27H,6,13H2,1-5H3/t22-,24?;20-,23?;18-,21?;19-,22?/m0000/s1. The van der Waals surface area contributed by atoms with Crippen molar-refractivity contribution in [3.05, 3.63) is 289 Å². The van der Waals surface area contributed by atoms with Gasteiger partial charge in [0.25, 0.3) is 22.2 Å². The average Bonchev–Trinajstić information content (AvgIpc) is 1.51. The van der Waals surface area contributed by atoms with Crippen molar-refractivity contribution in [1.29, 1.82) is 0 Å². The van der Waals surface area contributed by atoms with E-state index >= 15 is 0 Å². The van der Waals surface area contributed by atoms with Crippen molar-refractivity contribution in [2.24, 2.45) is 28.2 Å². The highest BCUT2D eigenvalue weighted by Gasteiger charge is 2.40. The molecule has 672 valence electrons. The molecule has 5 aromatic carbocycles. The molecule has 4 aliphatic rings. The Morgan fingerprint density at radius 1 is 0.383 bits per heavy atom. The number of rotatable bonds is 23. The van der Waals surface area contributed by atoms with E-state index in [1.165, 1.54) is 43.5 Å². The van der Waals surface area contributed by atoms with Crippen LogP contribution in [0.4, 0.5) is 47.4 Å². The molecular formula is C99H116F3N17O9. The van der Waals surface area contributed by atoms with E-state index < -0.39 is 11.9 Å². The molecule has 4 aliphatic carbocycles. The van der Waals surface area contributed by atoms with Crippen molar-refractivity contribution in [3.63, 3.8) is 0 Å². The Balaban J connectivity index is 0.000000146. The Labute approximate surface area is 745 Å². The van der Waals surface area contributed by atoms with Gasteiger partial charge in [-0.05, 0) is 181 Å². The van der Waals surface area contributed by atoms with Crippen molar-refractivity contribution < 1.29 is 36.9 Å². The van der Waals surface area contributed by atoms with E-state index in [4.69, 9.17) is 38.6 Å². The molecule has 128 heavy (non-hydrogen) atoms. The van der Waals surface area contributed by atoms with Gasteiger partial charge in [-0.2, -0.15) is 13.2 Å². The molecule has 7 aromatic heterocycles. The lowest BCUT2D eigenvalue weighted by molar-refractivity contribution is -0.141. The second-order valence-electron chi connectivity index (χ2n) is 33.1. The van der Waals surface area contributed by atoms with Crippen molar-refractivity contribution >= 4 is 34.3 Å². The van der Waals surface area contributed by atoms with Gasteiger partial charge in [0, 0.05) is 155 Å². The van der Waals surface area contributed by atoms with Crippen LogP contribution >= 0.6 is 0 Å². The summed E-state index contributed by atoms with van der Waals surface area (Å²) in [5.74, 6) is 3.52. The molecule has 0 fully saturated rings. The highest BCUT2D eigenvalue weighted by Crippen LogP contribution is 2.42. The minimum atomic E-state index is -4.54. The third-order valence-electron chi connectivity index (χ3n) is 24.3. The van der Waals surface area contributed by atoms with Crippen molar-refractivity contribution in [1.82, 2.24) is 53.2 Å². The van der Waals surface area contributed by atoms with E-state index in [0.717, 1.165) is 88.5 Å². The Morgan fingerprint density at radius 3 is 0.992 bits per heavy atom. The number of anilines is 6. The first-order valence-electron chi connectivity index (χ1n) is 43.3. The summed E-state index contributed by atoms with van der Waals surface area (Å²) in [6, 6.07) is 45.3. The van der Waals surface area contributed by atoms with Gasteiger partial charge in [0.15, 0.2) is 0 Å². The zero-order valence-electron chi connectivity index (χ0n) is 76.8. The van der Waals surface area contributed by atoms with Crippen LogP contribution in [0.25, 0.3) is 45.6 Å². The first-order valence-corrected chi connectivity index (χ1v) is 43.3. The third kappa shape index (κ3) is 19.4. The number of alkyl halides is 3. The number of pyridine rings is 3. The molecular weight excluding hydrogens is 1630 g/mol. The zero-order valence-corrected chi connectivity index (χ0v) is 76.8. The molecule has 0 spiro atoms. The third-order valence-corrected chi connectivity index (χ3v) is 24.3. The molecule has 0 radical (unpaired) electrons. The van der Waals surface area contributed by atoms with Crippen LogP contribution in [0, 0.1) is 55.4 Å². The molecule has 0 saturated carbocycles. The van der Waals surface area contributed by atoms with Crippen LogP contribution in [0.3, 0.4) is 0 Å². The van der Waals surface area contributed by atoms with Crippen LogP contribution in [0.2, 0.25) is 0 Å². The van der Waals surface area contributed by atoms with E-state index in [-0.39, 0.29) is 76.6 Å². The van der Waals surface area contributed by atoms with Crippen molar-refractivity contribution in [3.8, 4) is 51.4 Å². The van der Waals surface area contributed by atoms with Gasteiger partial charge < -0.3 is 54.8 Å². The lowest BCUT2D eigenvalue weighted by atomic mass is 10.1. The van der Waals surface area contributed by atoms with Gasteiger partial charge in [-0.25, -0.2) is 29.9 Å². The van der Waals surface area contributed by atoms with Crippen LogP contribution in [0.15, 0.2) is 171 Å². The summed E-state index contributed by atoms with van der Waals surface area (Å²) in [5.41, 5.74) is 19.5. The van der Waals surface area contributed by atoms with Crippen LogP contribution in [-0.4, -0.2) is 139 Å². The predicted octanol–water partition coefficient (Wildman–Crippen LogP) is 16.1. The van der Waals surface area contributed by atoms with Crippen LogP contribution in [0.1, 0.15) is 147 Å². The molecule has 8 atom stereocenters. The molecule has 0 amide bonds. The lowest BCUT2D eigenvalue weighted by Gasteiger charge is -2.24. The highest BCUT2D eigenvalue weighted by atomic mass is 19.4. The van der Waals surface area contributed by atoms with E-state index in [1.807, 2.05) is 162 Å². The quantitative estimate of drug-likeness (QED) is 0.0463. The van der Waals surface area contributed by atoms with E-state index in [9.17, 15) is 32.3 Å². The molecule has 4 N–H and O–H groups in total. The highest BCUT2D eigenvalue weighted by molar-refractivity contribution is 5.69. The Kier molecular flexibility index (Phi) is 28.8. The summed E-state index contributed by atoms with van der Waals surface area (Å²) in [4.78, 5) is 89.0. The number of benzene rings is 5. The van der Waals surface area contributed by atoms with E-state index in [2.05, 4.69) is 114 Å². The number of nitrogens with one attached hydrogen (secondary N) is 4. The fourth-order valence-electron chi connectivity index (χ4n) is 17.5. The van der Waals surface area contributed by atoms with Crippen molar-refractivity contribution in [2.75, 3.05) is 92.8 Å². The maximum absolute atomic E-state index is 13.4. The molecule has 4 unspecified atom stereocenters. The number of ether oxygens (including phenoxy) is 5. The summed E-state index contributed by atoms with van der Waals surface area (Å²) in [5, 5.41) is 13.8. The summed E-state index contributed by atoms with van der Waals surface area (Å²) in [6.07, 6.45) is 1.40. The molecule has 12 aromatic rings. The van der Waals surface area contributed by atoms with Gasteiger partial charge in [0.1, 0.15) is 57.6 Å². The fraction of sp³-hybridized carbons (Fsp3) is 0.384. The Bertz CT molecular complexity index is 6160. The predicted molar refractivity (Wildman–Crippen MR) is 499 cm³/mol. The number of nitrogens with zero attached hydrogens (tertiary/aromatic N) is 13. The SMILES string of the molecule is CCO[C@H]1Cc2ccccc2C1Nc1c(C)nc(-c2ccc(N(C)C)cc2C)n(C)c1=O.CCO[C@H]1Cc2ccccc2C1Nc1c(C)nc(-c2ccc(OC)nc2C)n(C)c1=O.CCO[C@H]1Cc2ccccc2C1Nc1c(C)nc(-c2cnc(C(F)(F)F)cc2C)n(C)c1=O.CCO[C@H]1Cc2ccccc2C1Nc1c(C)nc(-c2cnc(N(C)C)cc2C)n(C)c1=O. The number of methoxy groups -OCH3 is 1. The van der Waals surface area contributed by atoms with Crippen LogP contribution < -0.4 is 58.0 Å². The number of hydrogen-bond acceptors (Lipinski definition) is 22. The van der Waals surface area contributed by atoms with Gasteiger partial charge >= 0.3 is 6.18 Å². The number of aryl methyl sites for hydroxylation is 8. The largest absolute Gasteiger partial charge is 0.481 e. The molecule has 29 heteroatoms. The second-order valence-corrected chi connectivity index (χ2v) is 33.1. The fourth-order valence-corrected chi connectivity index (χ4v) is 17.5. The normalized spacial score (nSPS) is 17.5. The lowest BCUT2D eigenvalue weighted by Crippen LogP contribution is -2.31.